The molecule has 35 nitrogen and oxygen atoms in total. The summed E-state index contributed by atoms with van der Waals surface area (Å²) in [7, 11) is 0. The number of aromatic hydroxyl groups is 1. The molecule has 1 saturated heterocycles. The summed E-state index contributed by atoms with van der Waals surface area (Å²) in [5, 5.41) is 91.1. The van der Waals surface area contributed by atoms with E-state index in [9.17, 15) is 95.2 Å². The van der Waals surface area contributed by atoms with Crippen LogP contribution in [-0.2, 0) is 68.8 Å². The zero-order valence-electron chi connectivity index (χ0n) is 69.9. The fraction of sp³-hybridized carbons (Fsp3) is 0.276. The normalized spacial score (nSPS) is 13.0. The van der Waals surface area contributed by atoms with Gasteiger partial charge in [0.15, 0.2) is 52.3 Å². The van der Waals surface area contributed by atoms with Crippen LogP contribution in [0.5, 0.6) is 28.7 Å². The number of halogens is 4. The molecule has 0 bridgehead atoms. The van der Waals surface area contributed by atoms with Gasteiger partial charge in [-0.1, -0.05) is 60.1 Å². The highest BCUT2D eigenvalue weighted by atomic mass is 32.1. The van der Waals surface area contributed by atoms with Crippen molar-refractivity contribution < 1.29 is 129 Å². The van der Waals surface area contributed by atoms with Crippen molar-refractivity contribution in [2.45, 2.75) is 105 Å². The number of amides is 4. The smallest absolute Gasteiger partial charge is 0.353 e. The zero-order valence-corrected chi connectivity index (χ0v) is 73.2. The molecule has 9 aromatic rings. The number of hydrogen-bond donors (Lipinski definition) is 17. The van der Waals surface area contributed by atoms with Gasteiger partial charge >= 0.3 is 53.7 Å². The number of benzene rings is 5. The van der Waals surface area contributed by atoms with Crippen LogP contribution in [0.15, 0.2) is 146 Å². The molecule has 4 amide bonds. The number of hydrogen-bond acceptors (Lipinski definition) is 26. The predicted molar refractivity (Wildman–Crippen MR) is 466 cm³/mol. The third kappa shape index (κ3) is 27.5. The Labute approximate surface area is 753 Å². The molecule has 5 heterocycles. The minimum atomic E-state index is -1.54. The van der Waals surface area contributed by atoms with Gasteiger partial charge < -0.3 is 93.4 Å². The minimum Gasteiger partial charge on any atom is -0.508 e. The van der Waals surface area contributed by atoms with Crippen LogP contribution in [0.4, 0.5) is 17.6 Å². The Morgan fingerprint density at radius 2 is 0.808 bits per heavy atom. The molecular formula is C87H88F4N12O23S4. The third-order valence-electron chi connectivity index (χ3n) is 19.8. The molecule has 2 atom stereocenters. The molecule has 5 aromatic carbocycles. The fourth-order valence-corrected chi connectivity index (χ4v) is 16.9. The lowest BCUT2D eigenvalue weighted by atomic mass is 9.65. The average Bonchev–Trinajstić information content (AvgIpc) is 1.41. The molecule has 130 heavy (non-hydrogen) atoms. The van der Waals surface area contributed by atoms with Gasteiger partial charge in [-0.3, -0.25) is 55.2 Å². The predicted octanol–water partition coefficient (Wildman–Crippen LogP) is 10.4. The van der Waals surface area contributed by atoms with Gasteiger partial charge in [0.05, 0.1) is 17.8 Å². The summed E-state index contributed by atoms with van der Waals surface area (Å²) in [5.74, 6) is -17.1. The number of phenols is 1. The monoisotopic (exact) mass is 1870 g/mol. The maximum absolute atomic E-state index is 14.2. The van der Waals surface area contributed by atoms with E-state index in [2.05, 4.69) is 16.0 Å². The van der Waals surface area contributed by atoms with Crippen molar-refractivity contribution in [2.75, 3.05) is 19.6 Å². The molecule has 43 heteroatoms. The number of aliphatic carboxylic acids is 5. The van der Waals surface area contributed by atoms with Gasteiger partial charge in [0.2, 0.25) is 23.6 Å². The Morgan fingerprint density at radius 1 is 0.462 bits per heavy atom. The van der Waals surface area contributed by atoms with Crippen LogP contribution in [0, 0.1) is 72.5 Å². The largest absolute Gasteiger partial charge is 0.508 e. The molecule has 1 saturated carbocycles. The number of nitrogens with two attached hydrogens (primary N) is 4. The first kappa shape index (κ1) is 101. The minimum absolute atomic E-state index is 0.0302. The second-order valence-corrected chi connectivity index (χ2v) is 36.1. The summed E-state index contributed by atoms with van der Waals surface area (Å²) in [6.45, 7) is 10.1. The van der Waals surface area contributed by atoms with E-state index in [1.807, 2.05) is 0 Å². The average molecular weight is 1870 g/mol. The first-order chi connectivity index (χ1) is 60.8. The van der Waals surface area contributed by atoms with Crippen LogP contribution in [0.2, 0.25) is 0 Å². The summed E-state index contributed by atoms with van der Waals surface area (Å²) in [6.07, 6.45) is 2.05. The number of amidine groups is 4. The van der Waals surface area contributed by atoms with Crippen LogP contribution in [0.25, 0.3) is 0 Å². The number of rotatable bonds is 34. The Hall–Kier alpha value is -14.6. The van der Waals surface area contributed by atoms with E-state index in [1.165, 1.54) is 95.9 Å². The van der Waals surface area contributed by atoms with Gasteiger partial charge in [0.1, 0.15) is 61.2 Å². The number of carboxylic acids is 5. The summed E-state index contributed by atoms with van der Waals surface area (Å²) in [5.41, 5.74) is 18.6. The second-order valence-electron chi connectivity index (χ2n) is 31.5. The number of esters is 4. The topological polar surface area (TPSA) is 619 Å². The van der Waals surface area contributed by atoms with Crippen molar-refractivity contribution in [3.8, 4) is 28.7 Å². The molecule has 686 valence electrons. The Morgan fingerprint density at radius 3 is 1.12 bits per heavy atom. The molecule has 11 rings (SSSR count). The van der Waals surface area contributed by atoms with Crippen molar-refractivity contribution in [1.29, 1.82) is 21.6 Å². The Bertz CT molecular complexity index is 5920. The first-order valence-corrected chi connectivity index (χ1v) is 42.0. The van der Waals surface area contributed by atoms with Crippen molar-refractivity contribution in [1.82, 2.24) is 20.9 Å². The standard InChI is InChI=1S/C25H24FN3O6S.C22H22FN3O7S.C21H22FN3O5S.C19H20FN3O5S/c1-25(2,24(34)29-20(22(31)32)13-3-6-15(30)7-4-13)12-16-8-10-19(36-16)23(33)35-18-9-5-14(21(27)28)11-17(18)26;23-13-8-11(18(24)25)2-4-15(13)33-20(31)16-5-3-12(34-16)10-22(6-1-7-22)21(32)26-14(19(29)30)9-17(27)28;1-21(2,20(29)25-9-12(10-25)18(26)27)8-13-4-6-16(31-13)19(28)30-15-5-3-11(17(23)24)7-14(15)22;1-19(2,18(27)23-9-15(24)25)8-11-4-6-14(29-11)17(26)28-13-5-3-10(16(21)22)7-12(13)20/h3-11,20,30H,12H2,1-2H3,(H3,27,28)(H,29,34)(H,31,32);2-5,8,14H,1,6-7,9-10H2,(H3,24,25)(H,26,32)(H,27,28)(H,29,30);3-7,12H,8-10H2,1-2H3,(H3,23,24)(H,26,27);3-7H,8-9H2,1-2H3,(H3,21,22)(H,23,27)(H,24,25)/t20-;14-;;/m10../s1. The number of nitrogen functional groups attached to an aromatic ring is 4. The van der Waals surface area contributed by atoms with Crippen LogP contribution in [0.1, 0.15) is 159 Å². The third-order valence-corrected chi connectivity index (χ3v) is 24.1. The molecule has 0 unspecified atom stereocenters. The van der Waals surface area contributed by atoms with Crippen molar-refractivity contribution >= 4 is 146 Å². The van der Waals surface area contributed by atoms with Crippen molar-refractivity contribution in [2.24, 2.45) is 50.5 Å². The summed E-state index contributed by atoms with van der Waals surface area (Å²) >= 11 is 4.37. The number of thiophene rings is 4. The molecular weight excluding hydrogens is 1790 g/mol. The lowest BCUT2D eigenvalue weighted by Crippen LogP contribution is -2.56. The van der Waals surface area contributed by atoms with E-state index in [4.69, 9.17) is 78.8 Å². The summed E-state index contributed by atoms with van der Waals surface area (Å²) in [4.78, 5) is 161. The van der Waals surface area contributed by atoms with Gasteiger partial charge in [-0.05, 0) is 178 Å². The quantitative estimate of drug-likeness (QED) is 0.00586. The first-order valence-electron chi connectivity index (χ1n) is 38.7. The fourth-order valence-electron chi connectivity index (χ4n) is 12.5. The molecule has 1 aliphatic heterocycles. The van der Waals surface area contributed by atoms with E-state index in [-0.39, 0.29) is 132 Å². The number of carboxylic acid groups (broad SMARTS) is 5. The number of ether oxygens (including phenoxy) is 4. The highest BCUT2D eigenvalue weighted by Crippen LogP contribution is 2.46. The molecule has 4 aromatic heterocycles. The second kappa shape index (κ2) is 43.3. The number of likely N-dealkylation sites (tertiary alicyclic amines) is 1. The number of phenolic OH excluding ortho intramolecular Hbond substituents is 1. The van der Waals surface area contributed by atoms with Gasteiger partial charge in [-0.15, -0.1) is 45.3 Å². The summed E-state index contributed by atoms with van der Waals surface area (Å²) < 4.78 is 76.8. The highest BCUT2D eigenvalue weighted by molar-refractivity contribution is 7.15. The Kier molecular flexibility index (Phi) is 33.6. The number of nitrogens with one attached hydrogen (secondary N) is 7. The van der Waals surface area contributed by atoms with Gasteiger partial charge in [-0.2, -0.15) is 0 Å². The lowest BCUT2D eigenvalue weighted by Gasteiger charge is -2.41. The summed E-state index contributed by atoms with van der Waals surface area (Å²) in [6, 6.07) is 29.6. The Balaban J connectivity index is 0.000000215. The lowest BCUT2D eigenvalue weighted by molar-refractivity contribution is -0.157. The molecule has 0 radical (unpaired) electrons. The highest BCUT2D eigenvalue weighted by Gasteiger charge is 2.47. The van der Waals surface area contributed by atoms with Gasteiger partial charge in [-0.25, -0.2) is 46.3 Å². The molecule has 2 fully saturated rings. The molecule has 1 aliphatic carbocycles. The van der Waals surface area contributed by atoms with E-state index in [0.29, 0.717) is 39.5 Å². The maximum Gasteiger partial charge on any atom is 0.353 e. The number of carbonyl (C=O) groups excluding carboxylic acids is 8. The van der Waals surface area contributed by atoms with Crippen LogP contribution in [0.3, 0.4) is 0 Å². The van der Waals surface area contributed by atoms with Crippen LogP contribution >= 0.6 is 45.3 Å². The molecule has 21 N–H and O–H groups in total. The number of carbonyl (C=O) groups is 13. The van der Waals surface area contributed by atoms with Gasteiger partial charge in [0.25, 0.3) is 0 Å². The van der Waals surface area contributed by atoms with Gasteiger partial charge in [0, 0.05) is 71.1 Å². The zero-order chi connectivity index (χ0) is 96.4. The van der Waals surface area contributed by atoms with Crippen LogP contribution in [-0.4, -0.2) is 162 Å². The number of nitrogens with zero attached hydrogens (tertiary/aromatic N) is 1. The molecule has 2 aliphatic rings. The van der Waals surface area contributed by atoms with Crippen molar-refractivity contribution in [3.63, 3.8) is 0 Å². The van der Waals surface area contributed by atoms with E-state index in [1.54, 1.807) is 71.9 Å². The van der Waals surface area contributed by atoms with Crippen LogP contribution < -0.4 is 57.8 Å². The molecule has 0 spiro atoms. The maximum atomic E-state index is 14.2. The van der Waals surface area contributed by atoms with Crippen molar-refractivity contribution in [3.05, 3.63) is 236 Å². The van der Waals surface area contributed by atoms with E-state index in [0.717, 1.165) is 80.9 Å². The van der Waals surface area contributed by atoms with E-state index >= 15 is 0 Å². The SMILES string of the molecule is CC(C)(Cc1ccc(C(=O)Oc2ccc(C(=N)N)cc2F)s1)C(=O)N1CC(C(=O)O)C1.CC(C)(Cc1ccc(C(=O)Oc2ccc(C(=N)N)cc2F)s1)C(=O)NCC(=O)O.CC(C)(Cc1ccc(C(=O)Oc2ccc(C(=N)N)cc2F)s1)C(=O)N[C@@H](C(=O)O)c1ccc(O)cc1.N=C(N)c1ccc(OC(=O)c2ccc(CC3(C(=O)N[C@@H](CC(=O)O)C(=O)O)CCC3)s2)c(F)c1. The van der Waals surface area contributed by atoms with E-state index < -0.39 is 147 Å².